The lowest BCUT2D eigenvalue weighted by molar-refractivity contribution is -0.124. The summed E-state index contributed by atoms with van der Waals surface area (Å²) in [6, 6.07) is 7.90. The molecule has 1 aliphatic carbocycles. The van der Waals surface area contributed by atoms with E-state index in [1.165, 1.54) is 0 Å². The Kier molecular flexibility index (Phi) is 8.84. The largest absolute Gasteiger partial charge is 0.496 e. The summed E-state index contributed by atoms with van der Waals surface area (Å²) in [5.74, 6) is 2.07. The number of methoxy groups -OCH3 is 1. The van der Waals surface area contributed by atoms with Gasteiger partial charge >= 0.3 is 0 Å². The van der Waals surface area contributed by atoms with Gasteiger partial charge < -0.3 is 20.4 Å². The van der Waals surface area contributed by atoms with Crippen molar-refractivity contribution in [1.82, 2.24) is 25.6 Å². The highest BCUT2D eigenvalue weighted by atomic mass is 16.5. The Hall–Kier alpha value is -3.26. The van der Waals surface area contributed by atoms with E-state index in [1.54, 1.807) is 7.11 Å². The van der Waals surface area contributed by atoms with Gasteiger partial charge in [-0.15, -0.1) is 0 Å². The smallest absolute Gasteiger partial charge is 0.224 e. The Balaban J connectivity index is 1.32. The van der Waals surface area contributed by atoms with Crippen LogP contribution in [-0.4, -0.2) is 46.8 Å². The monoisotopic (exact) mass is 545 g/mol. The molecule has 1 aromatic carbocycles. The fraction of sp³-hybridized carbons (Fsp3) is 0.562. The number of hydrogen-bond acceptors (Lipinski definition) is 6. The van der Waals surface area contributed by atoms with Crippen LogP contribution in [0.15, 0.2) is 30.5 Å². The molecule has 8 heteroatoms. The number of aromatic nitrogens is 3. The van der Waals surface area contributed by atoms with Gasteiger partial charge in [-0.25, -0.2) is 4.98 Å². The summed E-state index contributed by atoms with van der Waals surface area (Å²) in [6.45, 7) is 6.01. The van der Waals surface area contributed by atoms with Crippen molar-refractivity contribution in [1.29, 1.82) is 0 Å². The van der Waals surface area contributed by atoms with Crippen LogP contribution in [0.4, 0.5) is 0 Å². The van der Waals surface area contributed by atoms with Crippen LogP contribution < -0.4 is 15.4 Å². The fourth-order valence-corrected chi connectivity index (χ4v) is 6.28. The van der Waals surface area contributed by atoms with Crippen LogP contribution in [0.5, 0.6) is 5.75 Å². The normalized spacial score (nSPS) is 18.5. The standard InChI is InChI=1S/C32H43N5O3/c1-4-8-23(38)9-6-5-7-10-26(37-31(39)25-19-32(25)13-15-33-16-14-32)30-34-20-28(36-30)24-17-22-12-11-21(2)35-27(22)18-29(24)40-3/h11-12,17-18,20,25-26,33H,4-10,13-16,19H2,1-3H3,(H,34,36)(H,37,39)/t25-,26+/m1/s1. The number of Topliss-reactive ketones (excluding diaryl/α,β-unsaturated/α-hetero) is 1. The number of aryl methyl sites for hydroxylation is 1. The Morgan fingerprint density at radius 1 is 1.15 bits per heavy atom. The van der Waals surface area contributed by atoms with E-state index in [0.717, 1.165) is 104 Å². The highest BCUT2D eigenvalue weighted by molar-refractivity contribution is 5.87. The summed E-state index contributed by atoms with van der Waals surface area (Å²) in [6.07, 6.45) is 10.7. The van der Waals surface area contributed by atoms with E-state index in [4.69, 9.17) is 9.72 Å². The van der Waals surface area contributed by atoms with E-state index >= 15 is 0 Å². The number of nitrogens with one attached hydrogen (secondary N) is 3. The van der Waals surface area contributed by atoms with Crippen LogP contribution in [0.3, 0.4) is 0 Å². The number of piperidine rings is 1. The summed E-state index contributed by atoms with van der Waals surface area (Å²) >= 11 is 0. The summed E-state index contributed by atoms with van der Waals surface area (Å²) in [7, 11) is 1.66. The summed E-state index contributed by atoms with van der Waals surface area (Å²) < 4.78 is 5.72. The van der Waals surface area contributed by atoms with Gasteiger partial charge in [0.2, 0.25) is 5.91 Å². The Morgan fingerprint density at radius 3 is 2.75 bits per heavy atom. The van der Waals surface area contributed by atoms with Gasteiger partial charge in [-0.05, 0) is 76.1 Å². The van der Waals surface area contributed by atoms with E-state index in [0.29, 0.717) is 18.6 Å². The molecular weight excluding hydrogens is 502 g/mol. The first kappa shape index (κ1) is 28.3. The van der Waals surface area contributed by atoms with Gasteiger partial charge in [-0.1, -0.05) is 25.8 Å². The number of carbonyl (C=O) groups excluding carboxylic acids is 2. The van der Waals surface area contributed by atoms with E-state index in [2.05, 4.69) is 32.7 Å². The number of hydrogen-bond donors (Lipinski definition) is 3. The molecule has 1 aliphatic heterocycles. The van der Waals surface area contributed by atoms with Gasteiger partial charge in [0.1, 0.15) is 17.4 Å². The molecule has 1 saturated heterocycles. The van der Waals surface area contributed by atoms with Gasteiger partial charge in [0.05, 0.1) is 30.6 Å². The highest BCUT2D eigenvalue weighted by Crippen LogP contribution is 2.58. The average Bonchev–Trinajstić information content (AvgIpc) is 3.41. The number of imidazole rings is 1. The maximum absolute atomic E-state index is 13.4. The number of unbranched alkanes of at least 4 members (excludes halogenated alkanes) is 2. The van der Waals surface area contributed by atoms with Gasteiger partial charge in [0.25, 0.3) is 0 Å². The average molecular weight is 546 g/mol. The molecule has 8 nitrogen and oxygen atoms in total. The lowest BCUT2D eigenvalue weighted by Gasteiger charge is -2.24. The second kappa shape index (κ2) is 12.5. The zero-order valence-corrected chi connectivity index (χ0v) is 24.1. The van der Waals surface area contributed by atoms with E-state index < -0.39 is 0 Å². The van der Waals surface area contributed by atoms with Crippen molar-refractivity contribution in [3.8, 4) is 17.0 Å². The molecule has 1 spiro atoms. The second-order valence-electron chi connectivity index (χ2n) is 11.7. The van der Waals surface area contributed by atoms with Gasteiger partial charge in [-0.2, -0.15) is 0 Å². The molecule has 0 unspecified atom stereocenters. The van der Waals surface area contributed by atoms with Crippen molar-refractivity contribution in [2.45, 2.75) is 84.1 Å². The molecule has 3 aromatic rings. The lowest BCUT2D eigenvalue weighted by Crippen LogP contribution is -2.35. The number of amides is 1. The molecule has 0 bridgehead atoms. The van der Waals surface area contributed by atoms with Crippen LogP contribution in [0.25, 0.3) is 22.2 Å². The van der Waals surface area contributed by atoms with Crippen LogP contribution in [0.1, 0.15) is 88.7 Å². The molecule has 2 aromatic heterocycles. The first-order chi connectivity index (χ1) is 19.4. The van der Waals surface area contributed by atoms with Crippen molar-refractivity contribution < 1.29 is 14.3 Å². The minimum Gasteiger partial charge on any atom is -0.496 e. The number of benzene rings is 1. The minimum atomic E-state index is -0.206. The third-order valence-electron chi connectivity index (χ3n) is 8.76. The first-order valence-corrected chi connectivity index (χ1v) is 15.0. The Morgan fingerprint density at radius 2 is 1.98 bits per heavy atom. The fourth-order valence-electron chi connectivity index (χ4n) is 6.28. The van der Waals surface area contributed by atoms with Crippen molar-refractivity contribution >= 4 is 22.6 Å². The highest BCUT2D eigenvalue weighted by Gasteiger charge is 2.57. The Bertz CT molecular complexity index is 1340. The zero-order chi connectivity index (χ0) is 28.1. The molecular formula is C32H43N5O3. The van der Waals surface area contributed by atoms with Gasteiger partial charge in [-0.3, -0.25) is 14.6 Å². The van der Waals surface area contributed by atoms with Gasteiger partial charge in [0, 0.05) is 41.5 Å². The summed E-state index contributed by atoms with van der Waals surface area (Å²) in [5.41, 5.74) is 3.79. The number of ether oxygens (including phenoxy) is 1. The first-order valence-electron chi connectivity index (χ1n) is 15.0. The van der Waals surface area contributed by atoms with Crippen LogP contribution >= 0.6 is 0 Å². The molecule has 1 amide bonds. The second-order valence-corrected chi connectivity index (χ2v) is 11.7. The Labute approximate surface area is 237 Å². The molecule has 214 valence electrons. The molecule has 0 radical (unpaired) electrons. The lowest BCUT2D eigenvalue weighted by atomic mass is 9.91. The predicted molar refractivity (Wildman–Crippen MR) is 157 cm³/mol. The number of nitrogens with zero attached hydrogens (tertiary/aromatic N) is 2. The van der Waals surface area contributed by atoms with Crippen LogP contribution in [0, 0.1) is 18.3 Å². The number of aromatic amines is 1. The SMILES string of the molecule is CCCC(=O)CCCCC[C@H](NC(=O)[C@H]1CC12CCNCC2)c1ncc(-c2cc3ccc(C)nc3cc2OC)[nH]1. The number of fused-ring (bicyclic) bond motifs is 1. The van der Waals surface area contributed by atoms with Crippen molar-refractivity contribution in [2.75, 3.05) is 20.2 Å². The zero-order valence-electron chi connectivity index (χ0n) is 24.1. The minimum absolute atomic E-state index is 0.0923. The van der Waals surface area contributed by atoms with Crippen molar-refractivity contribution in [3.63, 3.8) is 0 Å². The summed E-state index contributed by atoms with van der Waals surface area (Å²) in [5, 5.41) is 7.80. The van der Waals surface area contributed by atoms with E-state index in [9.17, 15) is 9.59 Å². The molecule has 3 heterocycles. The number of ketones is 1. The molecule has 40 heavy (non-hydrogen) atoms. The van der Waals surface area contributed by atoms with E-state index in [-0.39, 0.29) is 23.3 Å². The van der Waals surface area contributed by atoms with Gasteiger partial charge in [0.15, 0.2) is 0 Å². The molecule has 3 N–H and O–H groups in total. The maximum Gasteiger partial charge on any atom is 0.224 e. The topological polar surface area (TPSA) is 109 Å². The number of H-pyrrole nitrogens is 1. The van der Waals surface area contributed by atoms with Crippen molar-refractivity contribution in [2.24, 2.45) is 11.3 Å². The third-order valence-corrected chi connectivity index (χ3v) is 8.76. The molecule has 2 atom stereocenters. The van der Waals surface area contributed by atoms with Crippen LogP contribution in [0.2, 0.25) is 0 Å². The molecule has 5 rings (SSSR count). The quantitative estimate of drug-likeness (QED) is 0.234. The molecule has 1 saturated carbocycles. The predicted octanol–water partition coefficient (Wildman–Crippen LogP) is 5.81. The van der Waals surface area contributed by atoms with Crippen molar-refractivity contribution in [3.05, 3.63) is 42.0 Å². The maximum atomic E-state index is 13.4. The molecule has 2 fully saturated rings. The molecule has 2 aliphatic rings. The number of carbonyl (C=O) groups is 2. The third kappa shape index (κ3) is 6.38. The number of pyridine rings is 1. The van der Waals surface area contributed by atoms with Crippen LogP contribution in [-0.2, 0) is 9.59 Å². The number of rotatable bonds is 13. The summed E-state index contributed by atoms with van der Waals surface area (Å²) in [4.78, 5) is 38.2. The van der Waals surface area contributed by atoms with E-state index in [1.807, 2.05) is 32.2 Å².